The second-order valence-electron chi connectivity index (χ2n) is 5.83. The van der Waals surface area contributed by atoms with Gasteiger partial charge in [-0.05, 0) is 30.4 Å². The summed E-state index contributed by atoms with van der Waals surface area (Å²) in [7, 11) is -1.38. The Morgan fingerprint density at radius 2 is 1.57 bits per heavy atom. The first-order valence-electron chi connectivity index (χ1n) is 7.77. The molecule has 0 unspecified atom stereocenters. The van der Waals surface area contributed by atoms with E-state index in [1.165, 1.54) is 18.5 Å². The van der Waals surface area contributed by atoms with Crippen molar-refractivity contribution in [1.82, 2.24) is 4.90 Å². The minimum absolute atomic E-state index is 0.543. The van der Waals surface area contributed by atoms with Crippen LogP contribution in [0.15, 0.2) is 24.3 Å². The SMILES string of the molecule is OB(O)c1ccc(N2CCC(N3CCOCC3)CC2)cc1. The van der Waals surface area contributed by atoms with Gasteiger partial charge in [0.05, 0.1) is 13.2 Å². The molecule has 0 spiro atoms. The summed E-state index contributed by atoms with van der Waals surface area (Å²) in [5, 5.41) is 18.3. The van der Waals surface area contributed by atoms with Crippen LogP contribution < -0.4 is 10.4 Å². The number of anilines is 1. The molecule has 0 aromatic heterocycles. The molecule has 0 bridgehead atoms. The Morgan fingerprint density at radius 1 is 0.952 bits per heavy atom. The minimum atomic E-state index is -1.38. The zero-order chi connectivity index (χ0) is 14.7. The molecule has 2 aliphatic rings. The van der Waals surface area contributed by atoms with E-state index in [2.05, 4.69) is 9.80 Å². The van der Waals surface area contributed by atoms with Gasteiger partial charge in [0.2, 0.25) is 0 Å². The third-order valence-corrected chi connectivity index (χ3v) is 4.58. The first-order chi connectivity index (χ1) is 10.2. The van der Waals surface area contributed by atoms with Crippen LogP contribution >= 0.6 is 0 Å². The summed E-state index contributed by atoms with van der Waals surface area (Å²) in [5.74, 6) is 0. The Balaban J connectivity index is 1.55. The van der Waals surface area contributed by atoms with Crippen LogP contribution in [0.1, 0.15) is 12.8 Å². The Bertz CT molecular complexity index is 441. The monoisotopic (exact) mass is 290 g/mol. The molecule has 21 heavy (non-hydrogen) atoms. The Labute approximate surface area is 126 Å². The number of benzene rings is 1. The highest BCUT2D eigenvalue weighted by Gasteiger charge is 2.26. The van der Waals surface area contributed by atoms with E-state index < -0.39 is 7.12 Å². The largest absolute Gasteiger partial charge is 0.488 e. The molecule has 2 N–H and O–H groups in total. The van der Waals surface area contributed by atoms with Gasteiger partial charge in [0.25, 0.3) is 0 Å². The Hall–Kier alpha value is -1.08. The van der Waals surface area contributed by atoms with Crippen LogP contribution in [0.3, 0.4) is 0 Å². The maximum absolute atomic E-state index is 9.13. The van der Waals surface area contributed by atoms with E-state index in [9.17, 15) is 0 Å². The van der Waals surface area contributed by atoms with Gasteiger partial charge in [-0.3, -0.25) is 4.90 Å². The van der Waals surface area contributed by atoms with Gasteiger partial charge in [0, 0.05) is 37.9 Å². The van der Waals surface area contributed by atoms with Gasteiger partial charge in [0.1, 0.15) is 0 Å². The highest BCUT2D eigenvalue weighted by atomic mass is 16.5. The molecule has 0 saturated carbocycles. The molecular formula is C15H23BN2O3. The van der Waals surface area contributed by atoms with Crippen molar-refractivity contribution in [1.29, 1.82) is 0 Å². The van der Waals surface area contributed by atoms with E-state index in [1.54, 1.807) is 12.1 Å². The van der Waals surface area contributed by atoms with Crippen molar-refractivity contribution in [2.75, 3.05) is 44.3 Å². The molecule has 3 rings (SSSR count). The summed E-state index contributed by atoms with van der Waals surface area (Å²) in [6, 6.07) is 8.21. The number of piperidine rings is 1. The molecule has 0 atom stereocenters. The summed E-state index contributed by atoms with van der Waals surface area (Å²) in [6.07, 6.45) is 2.37. The third kappa shape index (κ3) is 3.58. The summed E-state index contributed by atoms with van der Waals surface area (Å²) in [5.41, 5.74) is 1.71. The van der Waals surface area contributed by atoms with Crippen LogP contribution in [-0.2, 0) is 4.74 Å². The standard InChI is InChI=1S/C15H23BN2O3/c19-16(20)13-1-3-14(4-2-13)17-7-5-15(6-8-17)18-9-11-21-12-10-18/h1-4,15,19-20H,5-12H2. The highest BCUT2D eigenvalue weighted by molar-refractivity contribution is 6.58. The number of nitrogens with zero attached hydrogens (tertiary/aromatic N) is 2. The van der Waals surface area contributed by atoms with Gasteiger partial charge in [-0.2, -0.15) is 0 Å². The topological polar surface area (TPSA) is 56.2 Å². The summed E-state index contributed by atoms with van der Waals surface area (Å²) < 4.78 is 5.42. The lowest BCUT2D eigenvalue weighted by Crippen LogP contribution is -2.49. The quantitative estimate of drug-likeness (QED) is 0.747. The van der Waals surface area contributed by atoms with E-state index in [0.29, 0.717) is 11.5 Å². The lowest BCUT2D eigenvalue weighted by molar-refractivity contribution is 0.0115. The molecule has 0 radical (unpaired) electrons. The van der Waals surface area contributed by atoms with E-state index in [4.69, 9.17) is 14.8 Å². The molecule has 1 aromatic carbocycles. The number of rotatable bonds is 3. The molecular weight excluding hydrogens is 267 g/mol. The van der Waals surface area contributed by atoms with Crippen molar-refractivity contribution >= 4 is 18.3 Å². The van der Waals surface area contributed by atoms with Gasteiger partial charge < -0.3 is 19.7 Å². The third-order valence-electron chi connectivity index (χ3n) is 4.58. The van der Waals surface area contributed by atoms with Crippen molar-refractivity contribution < 1.29 is 14.8 Å². The molecule has 1 aromatic rings. The van der Waals surface area contributed by atoms with E-state index >= 15 is 0 Å². The fourth-order valence-corrected chi connectivity index (χ4v) is 3.29. The second kappa shape index (κ2) is 6.79. The molecule has 0 amide bonds. The average molecular weight is 290 g/mol. The van der Waals surface area contributed by atoms with Crippen LogP contribution in [0.2, 0.25) is 0 Å². The van der Waals surface area contributed by atoms with Crippen LogP contribution in [0, 0.1) is 0 Å². The lowest BCUT2D eigenvalue weighted by atomic mass is 9.80. The average Bonchev–Trinajstić information content (AvgIpc) is 2.56. The van der Waals surface area contributed by atoms with E-state index in [-0.39, 0.29) is 0 Å². The van der Waals surface area contributed by atoms with Gasteiger partial charge >= 0.3 is 7.12 Å². The minimum Gasteiger partial charge on any atom is -0.423 e. The van der Waals surface area contributed by atoms with Gasteiger partial charge in [0.15, 0.2) is 0 Å². The highest BCUT2D eigenvalue weighted by Crippen LogP contribution is 2.22. The predicted molar refractivity (Wildman–Crippen MR) is 83.9 cm³/mol. The normalized spacial score (nSPS) is 21.5. The number of ether oxygens (including phenoxy) is 1. The summed E-state index contributed by atoms with van der Waals surface area (Å²) in [4.78, 5) is 4.94. The number of hydrogen-bond donors (Lipinski definition) is 2. The maximum atomic E-state index is 9.13. The van der Waals surface area contributed by atoms with Gasteiger partial charge in [-0.15, -0.1) is 0 Å². The Morgan fingerprint density at radius 3 is 2.14 bits per heavy atom. The van der Waals surface area contributed by atoms with Crippen LogP contribution in [0.4, 0.5) is 5.69 Å². The molecule has 2 fully saturated rings. The predicted octanol–water partition coefficient (Wildman–Crippen LogP) is -0.333. The lowest BCUT2D eigenvalue weighted by Gasteiger charge is -2.40. The van der Waals surface area contributed by atoms with Crippen LogP contribution in [0.5, 0.6) is 0 Å². The zero-order valence-corrected chi connectivity index (χ0v) is 12.3. The molecule has 6 heteroatoms. The van der Waals surface area contributed by atoms with Crippen LogP contribution in [-0.4, -0.2) is 67.5 Å². The van der Waals surface area contributed by atoms with Crippen molar-refractivity contribution in [3.8, 4) is 0 Å². The number of hydrogen-bond acceptors (Lipinski definition) is 5. The van der Waals surface area contributed by atoms with E-state index in [0.717, 1.165) is 39.4 Å². The van der Waals surface area contributed by atoms with E-state index in [1.807, 2.05) is 12.1 Å². The Kier molecular flexibility index (Phi) is 4.80. The fourth-order valence-electron chi connectivity index (χ4n) is 3.29. The summed E-state index contributed by atoms with van der Waals surface area (Å²) in [6.45, 7) is 5.98. The number of morpholine rings is 1. The van der Waals surface area contributed by atoms with Crippen molar-refractivity contribution in [2.45, 2.75) is 18.9 Å². The summed E-state index contributed by atoms with van der Waals surface area (Å²) >= 11 is 0. The smallest absolute Gasteiger partial charge is 0.423 e. The second-order valence-corrected chi connectivity index (χ2v) is 5.83. The first-order valence-corrected chi connectivity index (χ1v) is 7.77. The van der Waals surface area contributed by atoms with Crippen LogP contribution in [0.25, 0.3) is 0 Å². The molecule has 2 saturated heterocycles. The first kappa shape index (κ1) is 14.8. The molecule has 5 nitrogen and oxygen atoms in total. The van der Waals surface area contributed by atoms with Crippen molar-refractivity contribution in [3.05, 3.63) is 24.3 Å². The molecule has 2 heterocycles. The molecule has 0 aliphatic carbocycles. The molecule has 114 valence electrons. The fraction of sp³-hybridized carbons (Fsp3) is 0.600. The van der Waals surface area contributed by atoms with Gasteiger partial charge in [-0.1, -0.05) is 12.1 Å². The van der Waals surface area contributed by atoms with Crippen molar-refractivity contribution in [3.63, 3.8) is 0 Å². The molecule has 2 aliphatic heterocycles. The zero-order valence-electron chi connectivity index (χ0n) is 12.3. The van der Waals surface area contributed by atoms with Gasteiger partial charge in [-0.25, -0.2) is 0 Å². The van der Waals surface area contributed by atoms with Crippen molar-refractivity contribution in [2.24, 2.45) is 0 Å². The maximum Gasteiger partial charge on any atom is 0.488 e.